The summed E-state index contributed by atoms with van der Waals surface area (Å²) in [6.07, 6.45) is -2.70. The van der Waals surface area contributed by atoms with Gasteiger partial charge in [-0.2, -0.15) is 0 Å². The molecule has 0 aliphatic heterocycles. The van der Waals surface area contributed by atoms with Crippen LogP contribution in [0.5, 0.6) is 5.75 Å². The Morgan fingerprint density at radius 3 is 2.06 bits per heavy atom. The Balaban J connectivity index is 3.11. The van der Waals surface area contributed by atoms with Gasteiger partial charge in [-0.1, -0.05) is 23.2 Å². The summed E-state index contributed by atoms with van der Waals surface area (Å²) in [5, 5.41) is -0.422. The van der Waals surface area contributed by atoms with Gasteiger partial charge in [-0.05, 0) is 12.1 Å². The first-order valence-electron chi connectivity index (χ1n) is 4.06. The van der Waals surface area contributed by atoms with Crippen molar-refractivity contribution in [2.75, 3.05) is 6.61 Å². The molecule has 0 spiro atoms. The summed E-state index contributed by atoms with van der Waals surface area (Å²) in [5.41, 5.74) is 0. The van der Waals surface area contributed by atoms with Gasteiger partial charge in [-0.25, -0.2) is 17.2 Å². The third-order valence-corrected chi connectivity index (χ3v) is 3.50. The van der Waals surface area contributed by atoms with Crippen molar-refractivity contribution in [3.63, 3.8) is 0 Å². The monoisotopic (exact) mass is 324 g/mol. The summed E-state index contributed by atoms with van der Waals surface area (Å²) in [5.74, 6) is -0.210. The van der Waals surface area contributed by atoms with Gasteiger partial charge < -0.3 is 4.74 Å². The highest BCUT2D eigenvalue weighted by molar-refractivity contribution is 8.13. The molecule has 0 N–H and O–H groups in total. The molecule has 3 nitrogen and oxygen atoms in total. The molecule has 17 heavy (non-hydrogen) atoms. The summed E-state index contributed by atoms with van der Waals surface area (Å²) < 4.78 is 50.5. The van der Waals surface area contributed by atoms with E-state index in [2.05, 4.69) is 4.74 Å². The fourth-order valence-electron chi connectivity index (χ4n) is 0.962. The van der Waals surface area contributed by atoms with E-state index in [9.17, 15) is 17.2 Å². The van der Waals surface area contributed by atoms with Crippen molar-refractivity contribution in [2.45, 2.75) is 11.3 Å². The van der Waals surface area contributed by atoms with Crippen LogP contribution in [-0.4, -0.2) is 21.5 Å². The maximum Gasteiger partial charge on any atom is 0.272 e. The van der Waals surface area contributed by atoms with Gasteiger partial charge >= 0.3 is 0 Å². The first kappa shape index (κ1) is 14.8. The molecule has 0 aromatic heterocycles. The largest absolute Gasteiger partial charge is 0.484 e. The number of hydrogen-bond donors (Lipinski definition) is 0. The molecule has 0 amide bonds. The highest BCUT2D eigenvalue weighted by atomic mass is 35.7. The van der Waals surface area contributed by atoms with E-state index in [4.69, 9.17) is 33.9 Å². The third-order valence-electron chi connectivity index (χ3n) is 1.61. The van der Waals surface area contributed by atoms with Gasteiger partial charge in [0.25, 0.3) is 15.5 Å². The average Bonchev–Trinajstić information content (AvgIpc) is 2.14. The molecule has 0 unspecified atom stereocenters. The molecule has 96 valence electrons. The van der Waals surface area contributed by atoms with Crippen molar-refractivity contribution in [3.05, 3.63) is 22.2 Å². The van der Waals surface area contributed by atoms with Crippen LogP contribution in [0.4, 0.5) is 8.78 Å². The highest BCUT2D eigenvalue weighted by Crippen LogP contribution is 2.36. The highest BCUT2D eigenvalue weighted by Gasteiger charge is 2.17. The van der Waals surface area contributed by atoms with Crippen LogP contribution in [0.25, 0.3) is 0 Å². The molecule has 9 heteroatoms. The van der Waals surface area contributed by atoms with Crippen LogP contribution in [0.15, 0.2) is 17.0 Å². The normalized spacial score (nSPS) is 11.9. The van der Waals surface area contributed by atoms with Gasteiger partial charge in [-0.3, -0.25) is 0 Å². The van der Waals surface area contributed by atoms with Crippen molar-refractivity contribution in [1.29, 1.82) is 0 Å². The summed E-state index contributed by atoms with van der Waals surface area (Å²) in [7, 11) is 1.08. The molecule has 1 aromatic rings. The minimum atomic E-state index is -4.00. The second kappa shape index (κ2) is 5.56. The maximum atomic E-state index is 11.9. The van der Waals surface area contributed by atoms with E-state index in [-0.39, 0.29) is 20.7 Å². The molecule has 0 bridgehead atoms. The zero-order valence-electron chi connectivity index (χ0n) is 7.96. The smallest absolute Gasteiger partial charge is 0.272 e. The molecular weight excluding hydrogens is 321 g/mol. The van der Waals surface area contributed by atoms with Crippen molar-refractivity contribution in [2.24, 2.45) is 0 Å². The van der Waals surface area contributed by atoms with Crippen LogP contribution < -0.4 is 4.74 Å². The zero-order chi connectivity index (χ0) is 13.2. The summed E-state index contributed by atoms with van der Waals surface area (Å²) >= 11 is 11.3. The number of benzene rings is 1. The fourth-order valence-corrected chi connectivity index (χ4v) is 2.47. The van der Waals surface area contributed by atoms with Crippen LogP contribution in [-0.2, 0) is 9.05 Å². The summed E-state index contributed by atoms with van der Waals surface area (Å²) in [4.78, 5) is -0.335. The van der Waals surface area contributed by atoms with E-state index in [0.717, 1.165) is 12.1 Å². The lowest BCUT2D eigenvalue weighted by atomic mass is 10.3. The maximum absolute atomic E-state index is 11.9. The first-order valence-corrected chi connectivity index (χ1v) is 7.13. The predicted molar refractivity (Wildman–Crippen MR) is 61.0 cm³/mol. The van der Waals surface area contributed by atoms with Gasteiger partial charge in [0.2, 0.25) is 0 Å². The van der Waals surface area contributed by atoms with Crippen LogP contribution in [0.2, 0.25) is 10.0 Å². The number of rotatable bonds is 4. The van der Waals surface area contributed by atoms with Crippen LogP contribution in [0.1, 0.15) is 0 Å². The standard InChI is InChI=1S/C8H5Cl3F2O3S/c9-5-1-4(17(11,14)15)2-6(10)8(5)16-3-7(12)13/h1-2,7H,3H2. The number of halogens is 5. The minimum absolute atomic E-state index is 0.210. The quantitative estimate of drug-likeness (QED) is 0.795. The van der Waals surface area contributed by atoms with E-state index in [1.165, 1.54) is 0 Å². The molecule has 1 aromatic carbocycles. The Bertz CT molecular complexity index is 496. The molecule has 0 saturated heterocycles. The molecule has 0 atom stereocenters. The average molecular weight is 326 g/mol. The van der Waals surface area contributed by atoms with Gasteiger partial charge in [-0.15, -0.1) is 0 Å². The summed E-state index contributed by atoms with van der Waals surface area (Å²) in [6.45, 7) is -0.896. The fraction of sp³-hybridized carbons (Fsp3) is 0.250. The second-order valence-corrected chi connectivity index (χ2v) is 6.24. The Morgan fingerprint density at radius 2 is 1.71 bits per heavy atom. The second-order valence-electron chi connectivity index (χ2n) is 2.86. The van der Waals surface area contributed by atoms with E-state index in [1.54, 1.807) is 0 Å². The zero-order valence-corrected chi connectivity index (χ0v) is 11.0. The molecule has 0 radical (unpaired) electrons. The first-order chi connectivity index (χ1) is 7.71. The van der Waals surface area contributed by atoms with Crippen molar-refractivity contribution in [3.8, 4) is 5.75 Å². The lowest BCUT2D eigenvalue weighted by Crippen LogP contribution is -2.08. The van der Waals surface area contributed by atoms with Crippen LogP contribution >= 0.6 is 33.9 Å². The van der Waals surface area contributed by atoms with Crippen LogP contribution in [0, 0.1) is 0 Å². The molecule has 0 heterocycles. The van der Waals surface area contributed by atoms with E-state index >= 15 is 0 Å². The molecule has 1 rings (SSSR count). The van der Waals surface area contributed by atoms with Gasteiger partial charge in [0.15, 0.2) is 5.75 Å². The van der Waals surface area contributed by atoms with E-state index in [1.807, 2.05) is 0 Å². The Labute approximate surface area is 111 Å². The summed E-state index contributed by atoms with van der Waals surface area (Å²) in [6, 6.07) is 1.94. The van der Waals surface area contributed by atoms with Crippen molar-refractivity contribution >= 4 is 42.9 Å². The number of ether oxygens (including phenoxy) is 1. The topological polar surface area (TPSA) is 43.4 Å². The van der Waals surface area contributed by atoms with Gasteiger partial charge in [0.1, 0.15) is 6.61 Å². The molecule has 0 saturated carbocycles. The van der Waals surface area contributed by atoms with Gasteiger partial charge in [0.05, 0.1) is 14.9 Å². The van der Waals surface area contributed by atoms with E-state index < -0.39 is 22.1 Å². The number of alkyl halides is 2. The molecule has 0 fully saturated rings. The molecule has 0 aliphatic carbocycles. The lowest BCUT2D eigenvalue weighted by molar-refractivity contribution is 0.0820. The predicted octanol–water partition coefficient (Wildman–Crippen LogP) is 3.56. The van der Waals surface area contributed by atoms with Crippen molar-refractivity contribution in [1.82, 2.24) is 0 Å². The third kappa shape index (κ3) is 4.13. The van der Waals surface area contributed by atoms with Gasteiger partial charge in [0, 0.05) is 10.7 Å². The molecule has 0 aliphatic rings. The van der Waals surface area contributed by atoms with Crippen molar-refractivity contribution < 1.29 is 21.9 Å². The lowest BCUT2D eigenvalue weighted by Gasteiger charge is -2.10. The minimum Gasteiger partial charge on any atom is -0.484 e. The Morgan fingerprint density at radius 1 is 1.24 bits per heavy atom. The van der Waals surface area contributed by atoms with E-state index in [0.29, 0.717) is 0 Å². The van der Waals surface area contributed by atoms with Crippen LogP contribution in [0.3, 0.4) is 0 Å². The molecular formula is C8H5Cl3F2O3S. The Hall–Kier alpha value is -0.300. The number of hydrogen-bond acceptors (Lipinski definition) is 3. The Kier molecular flexibility index (Phi) is 4.83. The SMILES string of the molecule is O=S(=O)(Cl)c1cc(Cl)c(OCC(F)F)c(Cl)c1.